The van der Waals surface area contributed by atoms with Gasteiger partial charge in [-0.2, -0.15) is 10.5 Å². The maximum atomic E-state index is 11.1. The van der Waals surface area contributed by atoms with Crippen LogP contribution in [0.1, 0.15) is 11.1 Å². The van der Waals surface area contributed by atoms with E-state index < -0.39 is 0 Å². The van der Waals surface area contributed by atoms with Crippen molar-refractivity contribution in [2.24, 2.45) is 0 Å². The summed E-state index contributed by atoms with van der Waals surface area (Å²) < 4.78 is 4.73. The van der Waals surface area contributed by atoms with E-state index >= 15 is 0 Å². The number of benzene rings is 8. The second-order valence-electron chi connectivity index (χ2n) is 13.5. The first-order chi connectivity index (χ1) is 26.8. The topological polar surface area (TPSA) is 57.4 Å². The second-order valence-corrected chi connectivity index (χ2v) is 13.5. The van der Waals surface area contributed by atoms with Gasteiger partial charge in [-0.15, -0.1) is 0 Å². The summed E-state index contributed by atoms with van der Waals surface area (Å²) in [6.07, 6.45) is 0. The minimum atomic E-state index is 0.473. The van der Waals surface area contributed by atoms with Gasteiger partial charge in [-0.05, 0) is 53.6 Å². The van der Waals surface area contributed by atoms with Gasteiger partial charge in [0.1, 0.15) is 12.1 Å². The maximum Gasteiger partial charge on any atom is 0.100 e. The van der Waals surface area contributed by atoms with Crippen molar-refractivity contribution in [1.82, 2.24) is 9.13 Å². The van der Waals surface area contributed by atoms with Crippen LogP contribution < -0.4 is 0 Å². The average molecular weight is 687 g/mol. The SMILES string of the molecule is N#Cc1c(-c2ccccc2)cc(-c2cccc3c4ccc5c(c6ccccc6n5-c5ccccc5)c4n(-c4ccccc4)c23)c(C#N)c1-c1ccccc1. The third-order valence-corrected chi connectivity index (χ3v) is 10.6. The molecule has 0 spiro atoms. The van der Waals surface area contributed by atoms with Crippen LogP contribution in [0.5, 0.6) is 0 Å². The normalized spacial score (nSPS) is 11.3. The van der Waals surface area contributed by atoms with E-state index in [0.717, 1.165) is 82.8 Å². The molecule has 250 valence electrons. The molecule has 8 aromatic carbocycles. The highest BCUT2D eigenvalue weighted by Crippen LogP contribution is 2.47. The summed E-state index contributed by atoms with van der Waals surface area (Å²) in [6, 6.07) is 67.5. The molecule has 0 saturated carbocycles. The van der Waals surface area contributed by atoms with Crippen molar-refractivity contribution in [3.8, 4) is 56.9 Å². The van der Waals surface area contributed by atoms with Crippen LogP contribution in [0.25, 0.3) is 88.4 Å². The highest BCUT2D eigenvalue weighted by Gasteiger charge is 2.26. The van der Waals surface area contributed by atoms with Gasteiger partial charge in [0, 0.05) is 55.2 Å². The van der Waals surface area contributed by atoms with E-state index in [0.29, 0.717) is 16.7 Å². The molecule has 2 heterocycles. The highest BCUT2D eigenvalue weighted by molar-refractivity contribution is 6.27. The lowest BCUT2D eigenvalue weighted by molar-refractivity contribution is 1.17. The molecule has 4 nitrogen and oxygen atoms in total. The van der Waals surface area contributed by atoms with E-state index in [-0.39, 0.29) is 0 Å². The Morgan fingerprint density at radius 2 is 0.907 bits per heavy atom. The van der Waals surface area contributed by atoms with Gasteiger partial charge in [0.2, 0.25) is 0 Å². The number of aromatic nitrogens is 2. The average Bonchev–Trinajstić information content (AvgIpc) is 3.77. The molecule has 0 saturated heterocycles. The minimum Gasteiger partial charge on any atom is -0.309 e. The zero-order chi connectivity index (χ0) is 36.2. The van der Waals surface area contributed by atoms with Crippen LogP contribution in [-0.4, -0.2) is 9.13 Å². The van der Waals surface area contributed by atoms with Gasteiger partial charge in [0.25, 0.3) is 0 Å². The monoisotopic (exact) mass is 686 g/mol. The molecule has 0 fully saturated rings. The zero-order valence-corrected chi connectivity index (χ0v) is 29.1. The molecule has 0 aliphatic rings. The van der Waals surface area contributed by atoms with Crippen molar-refractivity contribution < 1.29 is 0 Å². The summed E-state index contributed by atoms with van der Waals surface area (Å²) in [6.45, 7) is 0. The van der Waals surface area contributed by atoms with Crippen molar-refractivity contribution in [2.75, 3.05) is 0 Å². The van der Waals surface area contributed by atoms with E-state index in [1.807, 2.05) is 66.7 Å². The Labute approximate surface area is 312 Å². The van der Waals surface area contributed by atoms with Crippen molar-refractivity contribution in [3.63, 3.8) is 0 Å². The van der Waals surface area contributed by atoms with Crippen LogP contribution in [0.3, 0.4) is 0 Å². The zero-order valence-electron chi connectivity index (χ0n) is 29.1. The van der Waals surface area contributed by atoms with Crippen LogP contribution in [0, 0.1) is 22.7 Å². The summed E-state index contributed by atoms with van der Waals surface area (Å²) in [5.41, 5.74) is 12.3. The van der Waals surface area contributed by atoms with Crippen LogP contribution >= 0.6 is 0 Å². The molecule has 0 N–H and O–H groups in total. The minimum absolute atomic E-state index is 0.473. The van der Waals surface area contributed by atoms with Gasteiger partial charge in [0.15, 0.2) is 0 Å². The fourth-order valence-electron chi connectivity index (χ4n) is 8.38. The first kappa shape index (κ1) is 31.1. The van der Waals surface area contributed by atoms with E-state index in [2.05, 4.69) is 137 Å². The second kappa shape index (κ2) is 12.5. The molecule has 0 atom stereocenters. The van der Waals surface area contributed by atoms with E-state index in [4.69, 9.17) is 0 Å². The van der Waals surface area contributed by atoms with Crippen LogP contribution in [-0.2, 0) is 0 Å². The lowest BCUT2D eigenvalue weighted by Crippen LogP contribution is -2.00. The largest absolute Gasteiger partial charge is 0.309 e. The molecule has 0 unspecified atom stereocenters. The molecule has 4 heteroatoms. The number of hydrogen-bond acceptors (Lipinski definition) is 2. The summed E-state index contributed by atoms with van der Waals surface area (Å²) >= 11 is 0. The predicted molar refractivity (Wildman–Crippen MR) is 221 cm³/mol. The van der Waals surface area contributed by atoms with Crippen molar-refractivity contribution in [1.29, 1.82) is 10.5 Å². The predicted octanol–water partition coefficient (Wildman–Crippen LogP) is 12.6. The molecule has 10 aromatic rings. The Balaban J connectivity index is 1.41. The third kappa shape index (κ3) is 4.61. The summed E-state index contributed by atoms with van der Waals surface area (Å²) in [7, 11) is 0. The number of rotatable bonds is 5. The van der Waals surface area contributed by atoms with Crippen LogP contribution in [0.15, 0.2) is 182 Å². The van der Waals surface area contributed by atoms with Gasteiger partial charge in [-0.3, -0.25) is 0 Å². The Morgan fingerprint density at radius 1 is 0.370 bits per heavy atom. The Morgan fingerprint density at radius 3 is 1.57 bits per heavy atom. The molecular formula is C50H30N4. The van der Waals surface area contributed by atoms with Crippen molar-refractivity contribution in [2.45, 2.75) is 0 Å². The first-order valence-corrected chi connectivity index (χ1v) is 18.0. The fourth-order valence-corrected chi connectivity index (χ4v) is 8.38. The maximum absolute atomic E-state index is 11.1. The van der Waals surface area contributed by atoms with Gasteiger partial charge in [-0.25, -0.2) is 0 Å². The van der Waals surface area contributed by atoms with Gasteiger partial charge in [-0.1, -0.05) is 140 Å². The van der Waals surface area contributed by atoms with Crippen molar-refractivity contribution >= 4 is 43.6 Å². The number of nitriles is 2. The van der Waals surface area contributed by atoms with E-state index in [1.54, 1.807) is 0 Å². The standard InChI is InChI=1S/C50H30N4/c51-31-43-41(33-16-5-1-6-17-33)30-42(44(32-52)47(43)34-18-7-2-8-19-34)38-26-15-25-37-39-28-29-46-48(50(39)54(49(37)38)36-22-11-4-12-23-36)40-24-13-14-27-45(40)53(46)35-20-9-3-10-21-35/h1-30H. The summed E-state index contributed by atoms with van der Waals surface area (Å²) in [5, 5.41) is 26.4. The molecule has 2 aromatic heterocycles. The number of fused-ring (bicyclic) bond motifs is 7. The molecule has 0 amide bonds. The Kier molecular flexibility index (Phi) is 7.22. The third-order valence-electron chi connectivity index (χ3n) is 10.6. The van der Waals surface area contributed by atoms with Gasteiger partial charge < -0.3 is 9.13 Å². The molecule has 0 bridgehead atoms. The van der Waals surface area contributed by atoms with Crippen LogP contribution in [0.2, 0.25) is 0 Å². The van der Waals surface area contributed by atoms with Gasteiger partial charge >= 0.3 is 0 Å². The summed E-state index contributed by atoms with van der Waals surface area (Å²) in [4.78, 5) is 0. The molecule has 0 aliphatic carbocycles. The lowest BCUT2D eigenvalue weighted by atomic mass is 9.83. The molecule has 0 aliphatic heterocycles. The van der Waals surface area contributed by atoms with Crippen molar-refractivity contribution in [3.05, 3.63) is 193 Å². The van der Waals surface area contributed by atoms with Gasteiger partial charge in [0.05, 0.1) is 33.2 Å². The quantitative estimate of drug-likeness (QED) is 0.181. The van der Waals surface area contributed by atoms with Crippen LogP contribution in [0.4, 0.5) is 0 Å². The summed E-state index contributed by atoms with van der Waals surface area (Å²) in [5.74, 6) is 0. The molecule has 0 radical (unpaired) electrons. The molecule has 54 heavy (non-hydrogen) atoms. The van der Waals surface area contributed by atoms with E-state index in [1.165, 1.54) is 0 Å². The highest BCUT2D eigenvalue weighted by atomic mass is 15.0. The van der Waals surface area contributed by atoms with E-state index in [9.17, 15) is 10.5 Å². The Bertz CT molecular complexity index is 3140. The molecular weight excluding hydrogens is 657 g/mol. The number of para-hydroxylation sites is 4. The first-order valence-electron chi connectivity index (χ1n) is 18.0. The Hall–Kier alpha value is -7.66. The fraction of sp³-hybridized carbons (Fsp3) is 0. The number of hydrogen-bond donors (Lipinski definition) is 0. The molecule has 10 rings (SSSR count). The smallest absolute Gasteiger partial charge is 0.100 e. The number of nitrogens with zero attached hydrogens (tertiary/aromatic N) is 4. The lowest BCUT2D eigenvalue weighted by Gasteiger charge is -2.18.